The summed E-state index contributed by atoms with van der Waals surface area (Å²) in [5.74, 6) is 3.19. The molecule has 0 aliphatic rings. The Balaban J connectivity index is 1.82. The quantitative estimate of drug-likeness (QED) is 0.657. The van der Waals surface area contributed by atoms with Crippen LogP contribution in [0.25, 0.3) is 0 Å². The molecule has 2 heterocycles. The van der Waals surface area contributed by atoms with Crippen molar-refractivity contribution in [1.82, 2.24) is 10.6 Å². The van der Waals surface area contributed by atoms with Crippen molar-refractivity contribution in [1.29, 1.82) is 0 Å². The predicted molar refractivity (Wildman–Crippen MR) is 89.1 cm³/mol. The van der Waals surface area contributed by atoms with E-state index < -0.39 is 0 Å². The van der Waals surface area contributed by atoms with Crippen LogP contribution in [0.1, 0.15) is 34.8 Å². The largest absolute Gasteiger partial charge is 0.466 e. The molecule has 0 saturated heterocycles. The van der Waals surface area contributed by atoms with Crippen molar-refractivity contribution >= 4 is 17.3 Å². The van der Waals surface area contributed by atoms with Crippen molar-refractivity contribution in [3.8, 4) is 0 Å². The van der Waals surface area contributed by atoms with Gasteiger partial charge in [0.15, 0.2) is 5.96 Å². The van der Waals surface area contributed by atoms with E-state index >= 15 is 0 Å². The van der Waals surface area contributed by atoms with Crippen LogP contribution >= 0.6 is 11.3 Å². The van der Waals surface area contributed by atoms with Gasteiger partial charge in [0.05, 0.1) is 0 Å². The first-order chi connectivity index (χ1) is 10.1. The number of nitrogens with zero attached hydrogens (tertiary/aromatic N) is 1. The third-order valence-electron chi connectivity index (χ3n) is 3.42. The predicted octanol–water partition coefficient (Wildman–Crippen LogP) is 3.43. The van der Waals surface area contributed by atoms with Gasteiger partial charge in [-0.05, 0) is 31.4 Å². The van der Waals surface area contributed by atoms with Crippen LogP contribution in [0.4, 0.5) is 0 Å². The van der Waals surface area contributed by atoms with Crippen LogP contribution in [0.2, 0.25) is 0 Å². The van der Waals surface area contributed by atoms with Crippen LogP contribution in [0.3, 0.4) is 0 Å². The molecule has 1 atom stereocenters. The molecule has 2 aromatic rings. The molecular weight excluding hydrogens is 282 g/mol. The van der Waals surface area contributed by atoms with Crippen LogP contribution in [0.5, 0.6) is 0 Å². The van der Waals surface area contributed by atoms with Gasteiger partial charge in [-0.1, -0.05) is 13.0 Å². The minimum Gasteiger partial charge on any atom is -0.466 e. The monoisotopic (exact) mass is 305 g/mol. The average Bonchev–Trinajstić information content (AvgIpc) is 3.09. The lowest BCUT2D eigenvalue weighted by molar-refractivity contribution is 0.500. The van der Waals surface area contributed by atoms with Crippen molar-refractivity contribution in [2.24, 2.45) is 4.99 Å². The van der Waals surface area contributed by atoms with Gasteiger partial charge in [0.25, 0.3) is 0 Å². The normalized spacial score (nSPS) is 13.2. The van der Waals surface area contributed by atoms with Gasteiger partial charge in [0.2, 0.25) is 0 Å². The second-order valence-electron chi connectivity index (χ2n) is 5.16. The highest BCUT2D eigenvalue weighted by molar-refractivity contribution is 7.10. The number of furan rings is 1. The van der Waals surface area contributed by atoms with Gasteiger partial charge in [-0.2, -0.15) is 0 Å². The van der Waals surface area contributed by atoms with E-state index in [1.807, 2.05) is 13.8 Å². The van der Waals surface area contributed by atoms with Crippen LogP contribution in [0.15, 0.2) is 33.0 Å². The molecule has 4 nitrogen and oxygen atoms in total. The van der Waals surface area contributed by atoms with Crippen LogP contribution in [-0.2, 0) is 6.54 Å². The maximum absolute atomic E-state index is 5.53. The summed E-state index contributed by atoms with van der Waals surface area (Å²) in [6, 6.07) is 6.32. The molecule has 0 amide bonds. The molecule has 5 heteroatoms. The molecule has 2 N–H and O–H groups in total. The van der Waals surface area contributed by atoms with E-state index in [1.165, 1.54) is 10.4 Å². The first-order valence-electron chi connectivity index (χ1n) is 7.14. The summed E-state index contributed by atoms with van der Waals surface area (Å²) in [6.07, 6.45) is 0. The van der Waals surface area contributed by atoms with Gasteiger partial charge in [0, 0.05) is 36.5 Å². The Hall–Kier alpha value is -1.75. The fourth-order valence-electron chi connectivity index (χ4n) is 2.18. The van der Waals surface area contributed by atoms with Crippen LogP contribution in [-0.4, -0.2) is 19.6 Å². The van der Waals surface area contributed by atoms with E-state index in [0.717, 1.165) is 30.6 Å². The number of rotatable bonds is 5. The highest BCUT2D eigenvalue weighted by Gasteiger charge is 2.09. The maximum Gasteiger partial charge on any atom is 0.191 e. The number of guanidine groups is 1. The Morgan fingerprint density at radius 1 is 1.38 bits per heavy atom. The molecular formula is C16H23N3OS. The summed E-state index contributed by atoms with van der Waals surface area (Å²) in [7, 11) is 1.79. The summed E-state index contributed by atoms with van der Waals surface area (Å²) in [6.45, 7) is 7.75. The average molecular weight is 305 g/mol. The molecule has 0 aliphatic heterocycles. The van der Waals surface area contributed by atoms with Gasteiger partial charge < -0.3 is 15.1 Å². The van der Waals surface area contributed by atoms with E-state index in [2.05, 4.69) is 46.1 Å². The lowest BCUT2D eigenvalue weighted by atomic mass is 10.1. The minimum atomic E-state index is 0.474. The lowest BCUT2D eigenvalue weighted by Crippen LogP contribution is -2.38. The van der Waals surface area contributed by atoms with Gasteiger partial charge in [-0.3, -0.25) is 4.99 Å². The van der Waals surface area contributed by atoms with E-state index in [4.69, 9.17) is 4.42 Å². The third kappa shape index (κ3) is 4.36. The second kappa shape index (κ2) is 7.31. The highest BCUT2D eigenvalue weighted by Crippen LogP contribution is 2.19. The zero-order valence-corrected chi connectivity index (χ0v) is 13.9. The topological polar surface area (TPSA) is 49.6 Å². The molecule has 0 radical (unpaired) electrons. The molecule has 2 rings (SSSR count). The maximum atomic E-state index is 5.53. The Labute approximate surface area is 130 Å². The van der Waals surface area contributed by atoms with Crippen molar-refractivity contribution in [2.45, 2.75) is 33.2 Å². The molecule has 1 unspecified atom stereocenters. The second-order valence-corrected chi connectivity index (χ2v) is 6.14. The van der Waals surface area contributed by atoms with Gasteiger partial charge >= 0.3 is 0 Å². The lowest BCUT2D eigenvalue weighted by Gasteiger charge is -2.15. The van der Waals surface area contributed by atoms with E-state index in [0.29, 0.717) is 5.92 Å². The molecule has 0 aliphatic carbocycles. The summed E-state index contributed by atoms with van der Waals surface area (Å²) in [4.78, 5) is 5.65. The molecule has 21 heavy (non-hydrogen) atoms. The smallest absolute Gasteiger partial charge is 0.191 e. The summed E-state index contributed by atoms with van der Waals surface area (Å²) < 4.78 is 5.53. The summed E-state index contributed by atoms with van der Waals surface area (Å²) in [5.41, 5.74) is 1.17. The third-order valence-corrected chi connectivity index (χ3v) is 4.52. The Bertz CT molecular complexity index is 587. The molecule has 0 saturated carbocycles. The fraction of sp³-hybridized carbons (Fsp3) is 0.438. The molecule has 0 fully saturated rings. The van der Waals surface area contributed by atoms with E-state index in [9.17, 15) is 0 Å². The number of nitrogens with one attached hydrogen (secondary N) is 2. The SMILES string of the molecule is CN=C(NCc1cc(C)oc1C)NCC(C)c1cccs1. The van der Waals surface area contributed by atoms with Gasteiger partial charge in [-0.25, -0.2) is 0 Å². The Morgan fingerprint density at radius 2 is 2.19 bits per heavy atom. The zero-order chi connectivity index (χ0) is 15.2. The Kier molecular flexibility index (Phi) is 5.44. The minimum absolute atomic E-state index is 0.474. The molecule has 0 aromatic carbocycles. The van der Waals surface area contributed by atoms with Crippen molar-refractivity contribution in [2.75, 3.05) is 13.6 Å². The van der Waals surface area contributed by atoms with E-state index in [-0.39, 0.29) is 0 Å². The molecule has 2 aromatic heterocycles. The highest BCUT2D eigenvalue weighted by atomic mass is 32.1. The Morgan fingerprint density at radius 3 is 2.76 bits per heavy atom. The van der Waals surface area contributed by atoms with Crippen LogP contribution in [0, 0.1) is 13.8 Å². The summed E-state index contributed by atoms with van der Waals surface area (Å²) in [5, 5.41) is 8.81. The number of aliphatic imine (C=N–C) groups is 1. The standard InChI is InChI=1S/C16H23N3OS/c1-11(15-6-5-7-21-15)9-18-16(17-4)19-10-14-8-12(2)20-13(14)3/h5-8,11H,9-10H2,1-4H3,(H2,17,18,19). The molecule has 0 bridgehead atoms. The van der Waals surface area contributed by atoms with Crippen molar-refractivity contribution in [3.05, 3.63) is 45.5 Å². The number of aryl methyl sites for hydroxylation is 2. The number of hydrogen-bond acceptors (Lipinski definition) is 3. The van der Waals surface area contributed by atoms with Gasteiger partial charge in [0.1, 0.15) is 11.5 Å². The number of thiophene rings is 1. The van der Waals surface area contributed by atoms with E-state index in [1.54, 1.807) is 18.4 Å². The fourth-order valence-corrected chi connectivity index (χ4v) is 2.97. The molecule has 114 valence electrons. The van der Waals surface area contributed by atoms with Crippen molar-refractivity contribution in [3.63, 3.8) is 0 Å². The first kappa shape index (κ1) is 15.6. The van der Waals surface area contributed by atoms with Gasteiger partial charge in [-0.15, -0.1) is 11.3 Å². The first-order valence-corrected chi connectivity index (χ1v) is 8.02. The van der Waals surface area contributed by atoms with Crippen LogP contribution < -0.4 is 10.6 Å². The summed E-state index contributed by atoms with van der Waals surface area (Å²) >= 11 is 1.79. The zero-order valence-electron chi connectivity index (χ0n) is 13.1. The van der Waals surface area contributed by atoms with Crippen molar-refractivity contribution < 1.29 is 4.42 Å². The molecule has 0 spiro atoms. The number of hydrogen-bond donors (Lipinski definition) is 2.